The highest BCUT2D eigenvalue weighted by Crippen LogP contribution is 2.19. The zero-order valence-corrected chi connectivity index (χ0v) is 13.2. The predicted molar refractivity (Wildman–Crippen MR) is 82.2 cm³/mol. The van der Waals surface area contributed by atoms with Crippen molar-refractivity contribution in [2.75, 3.05) is 39.9 Å². The molecule has 0 unspecified atom stereocenters. The van der Waals surface area contributed by atoms with Crippen LogP contribution >= 0.6 is 0 Å². The maximum absolute atomic E-state index is 12.2. The summed E-state index contributed by atoms with van der Waals surface area (Å²) in [5.41, 5.74) is 2.33. The lowest BCUT2D eigenvalue weighted by atomic mass is 10.0. The van der Waals surface area contributed by atoms with Gasteiger partial charge in [-0.2, -0.15) is 12.7 Å². The molecule has 0 amide bonds. The predicted octanol–water partition coefficient (Wildman–Crippen LogP) is 0.115. The normalized spacial score (nSPS) is 15.9. The molecule has 7 heteroatoms. The van der Waals surface area contributed by atoms with Gasteiger partial charge in [-0.05, 0) is 17.5 Å². The molecule has 6 nitrogen and oxygen atoms in total. The number of hydrogen-bond acceptors (Lipinski definition) is 4. The second-order valence-corrected chi connectivity index (χ2v) is 6.75. The number of ether oxygens (including phenoxy) is 1. The summed E-state index contributed by atoms with van der Waals surface area (Å²) in [5.74, 6) is 0. The number of nitrogens with zero attached hydrogens (tertiary/aromatic N) is 1. The summed E-state index contributed by atoms with van der Waals surface area (Å²) in [5, 5.41) is 3.11. The van der Waals surface area contributed by atoms with Gasteiger partial charge in [-0.15, -0.1) is 0 Å². The van der Waals surface area contributed by atoms with Gasteiger partial charge >= 0.3 is 0 Å². The zero-order valence-electron chi connectivity index (χ0n) is 12.3. The molecule has 1 aliphatic rings. The first kappa shape index (κ1) is 16.4. The van der Waals surface area contributed by atoms with Crippen LogP contribution in [0.15, 0.2) is 24.3 Å². The standard InChI is InChI=1S/C14H23N3O3S/c1-20-11-9-15-7-8-16-21(18,19)17-10-6-13-4-2-3-5-14(13)12-17/h2-5,15-16H,6-12H2,1H3. The van der Waals surface area contributed by atoms with E-state index in [0.29, 0.717) is 32.8 Å². The topological polar surface area (TPSA) is 70.7 Å². The van der Waals surface area contributed by atoms with Gasteiger partial charge in [0.05, 0.1) is 6.61 Å². The number of rotatable bonds is 8. The first-order valence-electron chi connectivity index (χ1n) is 7.14. The summed E-state index contributed by atoms with van der Waals surface area (Å²) in [6.45, 7) is 3.29. The molecule has 2 N–H and O–H groups in total. The molecule has 1 aromatic rings. The Morgan fingerprint density at radius 3 is 2.71 bits per heavy atom. The van der Waals surface area contributed by atoms with Gasteiger partial charge in [0.15, 0.2) is 0 Å². The Hall–Kier alpha value is -0.990. The van der Waals surface area contributed by atoms with Crippen LogP contribution in [0.3, 0.4) is 0 Å². The SMILES string of the molecule is COCCNCCNS(=O)(=O)N1CCc2ccccc2C1. The van der Waals surface area contributed by atoms with Crippen molar-refractivity contribution in [1.82, 2.24) is 14.3 Å². The Bertz CT molecular complexity index is 548. The van der Waals surface area contributed by atoms with Crippen molar-refractivity contribution in [1.29, 1.82) is 0 Å². The summed E-state index contributed by atoms with van der Waals surface area (Å²) in [4.78, 5) is 0. The van der Waals surface area contributed by atoms with Crippen LogP contribution in [0.1, 0.15) is 11.1 Å². The van der Waals surface area contributed by atoms with E-state index in [1.54, 1.807) is 7.11 Å². The Balaban J connectivity index is 1.81. The average molecular weight is 313 g/mol. The second kappa shape index (κ2) is 7.86. The Morgan fingerprint density at radius 2 is 1.95 bits per heavy atom. The van der Waals surface area contributed by atoms with Gasteiger partial charge in [-0.3, -0.25) is 0 Å². The molecule has 1 aliphatic heterocycles. The van der Waals surface area contributed by atoms with E-state index in [4.69, 9.17) is 4.74 Å². The summed E-state index contributed by atoms with van der Waals surface area (Å²) < 4.78 is 33.5. The van der Waals surface area contributed by atoms with Gasteiger partial charge in [-0.1, -0.05) is 24.3 Å². The van der Waals surface area contributed by atoms with Crippen molar-refractivity contribution in [2.45, 2.75) is 13.0 Å². The molecule has 2 rings (SSSR count). The van der Waals surface area contributed by atoms with Gasteiger partial charge < -0.3 is 10.1 Å². The van der Waals surface area contributed by atoms with Gasteiger partial charge in [-0.25, -0.2) is 4.72 Å². The molecule has 1 aromatic carbocycles. The fourth-order valence-electron chi connectivity index (χ4n) is 2.33. The van der Waals surface area contributed by atoms with E-state index in [1.165, 1.54) is 9.87 Å². The van der Waals surface area contributed by atoms with E-state index in [1.807, 2.05) is 18.2 Å². The van der Waals surface area contributed by atoms with Crippen LogP contribution in [0.5, 0.6) is 0 Å². The minimum absolute atomic E-state index is 0.379. The van der Waals surface area contributed by atoms with Crippen molar-refractivity contribution in [2.24, 2.45) is 0 Å². The van der Waals surface area contributed by atoms with Gasteiger partial charge in [0.2, 0.25) is 0 Å². The van der Waals surface area contributed by atoms with E-state index in [9.17, 15) is 8.42 Å². The smallest absolute Gasteiger partial charge is 0.279 e. The molecule has 0 spiro atoms. The molecule has 1 heterocycles. The second-order valence-electron chi connectivity index (χ2n) is 4.99. The highest BCUT2D eigenvalue weighted by molar-refractivity contribution is 7.87. The Kier molecular flexibility index (Phi) is 6.13. The maximum atomic E-state index is 12.2. The lowest BCUT2D eigenvalue weighted by molar-refractivity contribution is 0.199. The quantitative estimate of drug-likeness (QED) is 0.669. The number of fused-ring (bicyclic) bond motifs is 1. The van der Waals surface area contributed by atoms with Gasteiger partial charge in [0, 0.05) is 39.8 Å². The maximum Gasteiger partial charge on any atom is 0.279 e. The third kappa shape index (κ3) is 4.76. The molecule has 0 saturated carbocycles. The summed E-state index contributed by atoms with van der Waals surface area (Å²) in [6.07, 6.45) is 0.767. The van der Waals surface area contributed by atoms with Crippen molar-refractivity contribution >= 4 is 10.2 Å². The number of methoxy groups -OCH3 is 1. The Labute approximate surface area is 126 Å². The summed E-state index contributed by atoms with van der Waals surface area (Å²) in [6, 6.07) is 7.99. The highest BCUT2D eigenvalue weighted by atomic mass is 32.2. The van der Waals surface area contributed by atoms with Crippen LogP contribution < -0.4 is 10.0 Å². The van der Waals surface area contributed by atoms with Crippen LogP contribution in [0.25, 0.3) is 0 Å². The molecule has 0 radical (unpaired) electrons. The molecule has 0 fully saturated rings. The minimum Gasteiger partial charge on any atom is -0.383 e. The van der Waals surface area contributed by atoms with Crippen LogP contribution in [-0.4, -0.2) is 52.6 Å². The first-order valence-corrected chi connectivity index (χ1v) is 8.58. The largest absolute Gasteiger partial charge is 0.383 e. The molecule has 0 atom stereocenters. The summed E-state index contributed by atoms with van der Waals surface area (Å²) in [7, 11) is -1.77. The first-order chi connectivity index (χ1) is 10.1. The number of hydrogen-bond donors (Lipinski definition) is 2. The van der Waals surface area contributed by atoms with Crippen molar-refractivity contribution in [3.63, 3.8) is 0 Å². The third-order valence-corrected chi connectivity index (χ3v) is 5.07. The minimum atomic E-state index is -3.41. The fraction of sp³-hybridized carbons (Fsp3) is 0.571. The van der Waals surface area contributed by atoms with Crippen LogP contribution in [0.4, 0.5) is 0 Å². The van der Waals surface area contributed by atoms with E-state index in [2.05, 4.69) is 16.1 Å². The molecule has 0 aliphatic carbocycles. The Morgan fingerprint density at radius 1 is 1.19 bits per heavy atom. The molecular formula is C14H23N3O3S. The van der Waals surface area contributed by atoms with Crippen LogP contribution in [0, 0.1) is 0 Å². The van der Waals surface area contributed by atoms with E-state index in [-0.39, 0.29) is 0 Å². The lowest BCUT2D eigenvalue weighted by Crippen LogP contribution is -2.45. The zero-order chi connectivity index (χ0) is 15.1. The van der Waals surface area contributed by atoms with E-state index < -0.39 is 10.2 Å². The molecule has 0 bridgehead atoms. The lowest BCUT2D eigenvalue weighted by Gasteiger charge is -2.28. The van der Waals surface area contributed by atoms with E-state index >= 15 is 0 Å². The highest BCUT2D eigenvalue weighted by Gasteiger charge is 2.25. The van der Waals surface area contributed by atoms with Gasteiger partial charge in [0.1, 0.15) is 0 Å². The average Bonchev–Trinajstić information content (AvgIpc) is 2.50. The molecule has 0 saturated heterocycles. The third-order valence-electron chi connectivity index (χ3n) is 3.50. The fourth-order valence-corrected chi connectivity index (χ4v) is 3.52. The molecular weight excluding hydrogens is 290 g/mol. The monoisotopic (exact) mass is 313 g/mol. The van der Waals surface area contributed by atoms with Crippen molar-refractivity contribution < 1.29 is 13.2 Å². The van der Waals surface area contributed by atoms with Gasteiger partial charge in [0.25, 0.3) is 10.2 Å². The molecule has 0 aromatic heterocycles. The number of benzene rings is 1. The van der Waals surface area contributed by atoms with Crippen LogP contribution in [-0.2, 0) is 27.9 Å². The summed E-state index contributed by atoms with van der Waals surface area (Å²) >= 11 is 0. The van der Waals surface area contributed by atoms with Crippen molar-refractivity contribution in [3.8, 4) is 0 Å². The van der Waals surface area contributed by atoms with E-state index in [0.717, 1.165) is 18.5 Å². The molecule has 21 heavy (non-hydrogen) atoms. The number of nitrogens with one attached hydrogen (secondary N) is 2. The van der Waals surface area contributed by atoms with Crippen LogP contribution in [0.2, 0.25) is 0 Å². The molecule has 118 valence electrons. The van der Waals surface area contributed by atoms with Crippen molar-refractivity contribution in [3.05, 3.63) is 35.4 Å².